The maximum Gasteiger partial charge on any atom is 0.185 e. The standard InChI is InChI=1S/C14H14Cl2N2O/c1-2-7-18-13(5-6-17-18)14(19)9-10-3-4-11(15)12(16)8-10/h3-6,8H,2,7,9H2,1H3. The summed E-state index contributed by atoms with van der Waals surface area (Å²) in [7, 11) is 0. The number of Topliss-reactive ketones (excluding diaryl/α,β-unsaturated/α-hetero) is 1. The highest BCUT2D eigenvalue weighted by Gasteiger charge is 2.13. The molecule has 2 aromatic rings. The molecular weight excluding hydrogens is 283 g/mol. The van der Waals surface area contributed by atoms with Crippen LogP contribution in [0, 0.1) is 0 Å². The third-order valence-corrected chi connectivity index (χ3v) is 3.53. The number of carbonyl (C=O) groups is 1. The van der Waals surface area contributed by atoms with Crippen LogP contribution >= 0.6 is 23.2 Å². The molecule has 0 spiro atoms. The topological polar surface area (TPSA) is 34.9 Å². The molecular formula is C14H14Cl2N2O. The first-order chi connectivity index (χ1) is 9.11. The summed E-state index contributed by atoms with van der Waals surface area (Å²) in [4.78, 5) is 12.2. The fourth-order valence-electron chi connectivity index (χ4n) is 1.89. The molecule has 0 fully saturated rings. The van der Waals surface area contributed by atoms with Crippen molar-refractivity contribution < 1.29 is 4.79 Å². The predicted molar refractivity (Wildman–Crippen MR) is 77.0 cm³/mol. The molecule has 0 N–H and O–H groups in total. The Morgan fingerprint density at radius 3 is 2.74 bits per heavy atom. The van der Waals surface area contributed by atoms with Crippen molar-refractivity contribution in [1.29, 1.82) is 0 Å². The molecule has 19 heavy (non-hydrogen) atoms. The van der Waals surface area contributed by atoms with Crippen LogP contribution in [0.25, 0.3) is 0 Å². The Labute approximate surface area is 122 Å². The van der Waals surface area contributed by atoms with Crippen LogP contribution in [-0.2, 0) is 13.0 Å². The second kappa shape index (κ2) is 6.22. The molecule has 1 heterocycles. The number of rotatable bonds is 5. The third-order valence-electron chi connectivity index (χ3n) is 2.79. The summed E-state index contributed by atoms with van der Waals surface area (Å²) >= 11 is 11.8. The molecule has 0 bridgehead atoms. The molecule has 3 nitrogen and oxygen atoms in total. The molecule has 1 aromatic carbocycles. The van der Waals surface area contributed by atoms with Crippen molar-refractivity contribution >= 4 is 29.0 Å². The molecule has 0 atom stereocenters. The van der Waals surface area contributed by atoms with Crippen LogP contribution in [0.2, 0.25) is 10.0 Å². The van der Waals surface area contributed by atoms with Gasteiger partial charge in [-0.25, -0.2) is 0 Å². The molecule has 0 amide bonds. The van der Waals surface area contributed by atoms with Crippen LogP contribution in [0.15, 0.2) is 30.5 Å². The molecule has 5 heteroatoms. The van der Waals surface area contributed by atoms with Crippen LogP contribution in [0.3, 0.4) is 0 Å². The Kier molecular flexibility index (Phi) is 4.61. The summed E-state index contributed by atoms with van der Waals surface area (Å²) in [6.45, 7) is 2.80. The largest absolute Gasteiger partial charge is 0.292 e. The Morgan fingerprint density at radius 2 is 2.05 bits per heavy atom. The number of halogens is 2. The van der Waals surface area contributed by atoms with Crippen molar-refractivity contribution in [2.45, 2.75) is 26.3 Å². The summed E-state index contributed by atoms with van der Waals surface area (Å²) in [5, 5.41) is 5.11. The first kappa shape index (κ1) is 14.1. The van der Waals surface area contributed by atoms with Gasteiger partial charge in [0.05, 0.1) is 10.0 Å². The SMILES string of the molecule is CCCn1nccc1C(=O)Cc1ccc(Cl)c(Cl)c1. The molecule has 0 unspecified atom stereocenters. The Balaban J connectivity index is 2.16. The highest BCUT2D eigenvalue weighted by atomic mass is 35.5. The predicted octanol–water partition coefficient (Wildman–Crippen LogP) is 4.03. The van der Waals surface area contributed by atoms with Crippen LogP contribution in [0.1, 0.15) is 29.4 Å². The average Bonchev–Trinajstić information content (AvgIpc) is 2.83. The van der Waals surface area contributed by atoms with Crippen LogP contribution < -0.4 is 0 Å². The van der Waals surface area contributed by atoms with E-state index in [1.165, 1.54) is 0 Å². The van der Waals surface area contributed by atoms with E-state index in [9.17, 15) is 4.79 Å². The smallest absolute Gasteiger partial charge is 0.185 e. The van der Waals surface area contributed by atoms with Gasteiger partial charge in [0.2, 0.25) is 0 Å². The summed E-state index contributed by atoms with van der Waals surface area (Å²) in [6.07, 6.45) is 2.89. The minimum Gasteiger partial charge on any atom is -0.292 e. The number of aromatic nitrogens is 2. The molecule has 0 radical (unpaired) electrons. The van der Waals surface area contributed by atoms with E-state index in [2.05, 4.69) is 12.0 Å². The van der Waals surface area contributed by atoms with E-state index in [0.717, 1.165) is 18.5 Å². The lowest BCUT2D eigenvalue weighted by molar-refractivity contribution is 0.0982. The van der Waals surface area contributed by atoms with E-state index < -0.39 is 0 Å². The van der Waals surface area contributed by atoms with Gasteiger partial charge in [0, 0.05) is 19.2 Å². The highest BCUT2D eigenvalue weighted by molar-refractivity contribution is 6.42. The van der Waals surface area contributed by atoms with E-state index in [0.29, 0.717) is 22.2 Å². The van der Waals surface area contributed by atoms with Gasteiger partial charge < -0.3 is 0 Å². The monoisotopic (exact) mass is 296 g/mol. The summed E-state index contributed by atoms with van der Waals surface area (Å²) in [5.74, 6) is 0.0318. The Hall–Kier alpha value is -1.32. The minimum absolute atomic E-state index is 0.0318. The number of hydrogen-bond donors (Lipinski definition) is 0. The van der Waals surface area contributed by atoms with E-state index in [-0.39, 0.29) is 5.78 Å². The van der Waals surface area contributed by atoms with Gasteiger partial charge in [-0.1, -0.05) is 36.2 Å². The highest BCUT2D eigenvalue weighted by Crippen LogP contribution is 2.23. The molecule has 0 saturated carbocycles. The van der Waals surface area contributed by atoms with Crippen molar-refractivity contribution in [3.05, 3.63) is 51.8 Å². The summed E-state index contributed by atoms with van der Waals surface area (Å²) in [6, 6.07) is 6.99. The summed E-state index contributed by atoms with van der Waals surface area (Å²) < 4.78 is 1.74. The second-order valence-corrected chi connectivity index (χ2v) is 5.10. The van der Waals surface area contributed by atoms with Crippen molar-refractivity contribution in [2.75, 3.05) is 0 Å². The molecule has 0 aliphatic heterocycles. The molecule has 0 aliphatic carbocycles. The normalized spacial score (nSPS) is 10.7. The van der Waals surface area contributed by atoms with Gasteiger partial charge in [0.25, 0.3) is 0 Å². The van der Waals surface area contributed by atoms with Gasteiger partial charge in [-0.3, -0.25) is 9.48 Å². The fourth-order valence-corrected chi connectivity index (χ4v) is 2.21. The minimum atomic E-state index is 0.0318. The van der Waals surface area contributed by atoms with Gasteiger partial charge in [0.15, 0.2) is 5.78 Å². The van der Waals surface area contributed by atoms with Gasteiger partial charge in [-0.2, -0.15) is 5.10 Å². The maximum absolute atomic E-state index is 12.2. The van der Waals surface area contributed by atoms with Crippen molar-refractivity contribution in [3.63, 3.8) is 0 Å². The van der Waals surface area contributed by atoms with Gasteiger partial charge in [-0.05, 0) is 30.2 Å². The summed E-state index contributed by atoms with van der Waals surface area (Å²) in [5.41, 5.74) is 1.48. The molecule has 0 saturated heterocycles. The Bertz CT molecular complexity index is 593. The number of hydrogen-bond acceptors (Lipinski definition) is 2. The van der Waals surface area contributed by atoms with Crippen LogP contribution in [0.5, 0.6) is 0 Å². The zero-order chi connectivity index (χ0) is 13.8. The zero-order valence-electron chi connectivity index (χ0n) is 10.6. The number of benzene rings is 1. The fraction of sp³-hybridized carbons (Fsp3) is 0.286. The van der Waals surface area contributed by atoms with Crippen molar-refractivity contribution in [3.8, 4) is 0 Å². The van der Waals surface area contributed by atoms with Gasteiger partial charge >= 0.3 is 0 Å². The zero-order valence-corrected chi connectivity index (χ0v) is 12.1. The number of aryl methyl sites for hydroxylation is 1. The maximum atomic E-state index is 12.2. The lowest BCUT2D eigenvalue weighted by Crippen LogP contribution is -2.12. The van der Waals surface area contributed by atoms with E-state index in [1.54, 1.807) is 29.1 Å². The van der Waals surface area contributed by atoms with Crippen molar-refractivity contribution in [1.82, 2.24) is 9.78 Å². The van der Waals surface area contributed by atoms with Crippen LogP contribution in [0.4, 0.5) is 0 Å². The molecule has 1 aromatic heterocycles. The molecule has 100 valence electrons. The van der Waals surface area contributed by atoms with E-state index >= 15 is 0 Å². The second-order valence-electron chi connectivity index (χ2n) is 4.29. The average molecular weight is 297 g/mol. The number of ketones is 1. The van der Waals surface area contributed by atoms with Gasteiger partial charge in [0.1, 0.15) is 5.69 Å². The molecule has 2 rings (SSSR count). The van der Waals surface area contributed by atoms with E-state index in [4.69, 9.17) is 23.2 Å². The quantitative estimate of drug-likeness (QED) is 0.781. The third kappa shape index (κ3) is 3.37. The number of nitrogens with zero attached hydrogens (tertiary/aromatic N) is 2. The van der Waals surface area contributed by atoms with Gasteiger partial charge in [-0.15, -0.1) is 0 Å². The van der Waals surface area contributed by atoms with E-state index in [1.807, 2.05) is 6.07 Å². The lowest BCUT2D eigenvalue weighted by Gasteiger charge is -2.06. The van der Waals surface area contributed by atoms with Crippen molar-refractivity contribution in [2.24, 2.45) is 0 Å². The first-order valence-corrected chi connectivity index (χ1v) is 6.86. The number of carbonyl (C=O) groups excluding carboxylic acids is 1. The lowest BCUT2D eigenvalue weighted by atomic mass is 10.1. The first-order valence-electron chi connectivity index (χ1n) is 6.10. The Morgan fingerprint density at radius 1 is 1.26 bits per heavy atom. The van der Waals surface area contributed by atoms with Crippen LogP contribution in [-0.4, -0.2) is 15.6 Å². The molecule has 0 aliphatic rings.